The number of methoxy groups -OCH3 is 1. The number of nitrogens with one attached hydrogen (secondary N) is 1. The molecule has 2 rings (SSSR count). The summed E-state index contributed by atoms with van der Waals surface area (Å²) in [6, 6.07) is 5.38. The SMILES string of the molecule is COC(=O)c1cccc2c1CN(C(=O)OC(C)(C)C)CCN2. The number of esters is 1. The van der Waals surface area contributed by atoms with Crippen LogP contribution in [-0.4, -0.2) is 42.8 Å². The highest BCUT2D eigenvalue weighted by atomic mass is 16.6. The van der Waals surface area contributed by atoms with Crippen LogP contribution in [0, 0.1) is 0 Å². The Bertz CT molecular complexity index is 578. The fourth-order valence-corrected chi connectivity index (χ4v) is 2.30. The van der Waals surface area contributed by atoms with Crippen LogP contribution in [-0.2, 0) is 16.0 Å². The molecule has 1 aliphatic heterocycles. The number of hydrogen-bond acceptors (Lipinski definition) is 5. The predicted molar refractivity (Wildman–Crippen MR) is 82.9 cm³/mol. The van der Waals surface area contributed by atoms with Crippen LogP contribution in [0.5, 0.6) is 0 Å². The third kappa shape index (κ3) is 3.69. The average molecular weight is 306 g/mol. The molecule has 0 fully saturated rings. The highest BCUT2D eigenvalue weighted by Gasteiger charge is 2.26. The fourth-order valence-electron chi connectivity index (χ4n) is 2.30. The second kappa shape index (κ2) is 6.25. The number of carbonyl (C=O) groups is 2. The first kappa shape index (κ1) is 16.1. The molecular formula is C16H22N2O4. The Morgan fingerprint density at radius 2 is 2.00 bits per heavy atom. The second-order valence-corrected chi connectivity index (χ2v) is 6.15. The standard InChI is InChI=1S/C16H22N2O4/c1-16(2,3)22-15(20)18-9-8-17-13-7-5-6-11(12(13)10-18)14(19)21-4/h5-7,17H,8-10H2,1-4H3. The van der Waals surface area contributed by atoms with Crippen LogP contribution >= 0.6 is 0 Å². The van der Waals surface area contributed by atoms with E-state index in [0.29, 0.717) is 25.2 Å². The molecule has 0 bridgehead atoms. The van der Waals surface area contributed by atoms with Gasteiger partial charge in [0.15, 0.2) is 0 Å². The summed E-state index contributed by atoms with van der Waals surface area (Å²) in [4.78, 5) is 25.8. The van der Waals surface area contributed by atoms with Crippen molar-refractivity contribution in [2.45, 2.75) is 32.9 Å². The number of benzene rings is 1. The smallest absolute Gasteiger partial charge is 0.410 e. The van der Waals surface area contributed by atoms with Gasteiger partial charge in [-0.05, 0) is 32.9 Å². The van der Waals surface area contributed by atoms with Gasteiger partial charge in [-0.2, -0.15) is 0 Å². The summed E-state index contributed by atoms with van der Waals surface area (Å²) in [5.74, 6) is -0.412. The predicted octanol–water partition coefficient (Wildman–Crippen LogP) is 2.64. The minimum atomic E-state index is -0.554. The molecule has 1 heterocycles. The third-order valence-corrected chi connectivity index (χ3v) is 3.28. The Morgan fingerprint density at radius 3 is 2.64 bits per heavy atom. The molecule has 1 aliphatic rings. The van der Waals surface area contributed by atoms with Crippen molar-refractivity contribution >= 4 is 17.7 Å². The summed E-state index contributed by atoms with van der Waals surface area (Å²) in [6.45, 7) is 6.89. The van der Waals surface area contributed by atoms with Gasteiger partial charge >= 0.3 is 12.1 Å². The maximum atomic E-state index is 12.3. The van der Waals surface area contributed by atoms with Crippen molar-refractivity contribution in [1.29, 1.82) is 0 Å². The number of amides is 1. The summed E-state index contributed by atoms with van der Waals surface area (Å²) >= 11 is 0. The van der Waals surface area contributed by atoms with Crippen molar-refractivity contribution in [1.82, 2.24) is 4.90 Å². The lowest BCUT2D eigenvalue weighted by Crippen LogP contribution is -2.37. The Hall–Kier alpha value is -2.24. The van der Waals surface area contributed by atoms with E-state index in [4.69, 9.17) is 9.47 Å². The molecule has 0 aliphatic carbocycles. The zero-order valence-electron chi connectivity index (χ0n) is 13.4. The summed E-state index contributed by atoms with van der Waals surface area (Å²) in [5.41, 5.74) is 1.50. The fraction of sp³-hybridized carbons (Fsp3) is 0.500. The summed E-state index contributed by atoms with van der Waals surface area (Å²) < 4.78 is 10.2. The molecule has 22 heavy (non-hydrogen) atoms. The summed E-state index contributed by atoms with van der Waals surface area (Å²) in [6.07, 6.45) is -0.387. The number of anilines is 1. The topological polar surface area (TPSA) is 67.9 Å². The van der Waals surface area contributed by atoms with E-state index >= 15 is 0 Å². The molecule has 1 amide bonds. The second-order valence-electron chi connectivity index (χ2n) is 6.15. The van der Waals surface area contributed by atoms with Crippen molar-refractivity contribution in [3.63, 3.8) is 0 Å². The quantitative estimate of drug-likeness (QED) is 0.808. The van der Waals surface area contributed by atoms with E-state index in [1.54, 1.807) is 17.0 Å². The highest BCUT2D eigenvalue weighted by Crippen LogP contribution is 2.25. The van der Waals surface area contributed by atoms with Crippen molar-refractivity contribution in [3.05, 3.63) is 29.3 Å². The molecule has 0 aromatic heterocycles. The molecule has 0 unspecified atom stereocenters. The van der Waals surface area contributed by atoms with Crippen molar-refractivity contribution in [2.75, 3.05) is 25.5 Å². The first-order chi connectivity index (χ1) is 10.3. The first-order valence-electron chi connectivity index (χ1n) is 7.24. The molecule has 6 nitrogen and oxygen atoms in total. The number of carbonyl (C=O) groups excluding carboxylic acids is 2. The minimum Gasteiger partial charge on any atom is -0.465 e. The number of fused-ring (bicyclic) bond motifs is 1. The Kier molecular flexibility index (Phi) is 4.59. The van der Waals surface area contributed by atoms with Crippen molar-refractivity contribution < 1.29 is 19.1 Å². The molecule has 1 N–H and O–H groups in total. The van der Waals surface area contributed by atoms with Gasteiger partial charge in [-0.3, -0.25) is 0 Å². The highest BCUT2D eigenvalue weighted by molar-refractivity contribution is 5.93. The van der Waals surface area contributed by atoms with E-state index < -0.39 is 11.6 Å². The van der Waals surface area contributed by atoms with Gasteiger partial charge in [0.2, 0.25) is 0 Å². The zero-order valence-corrected chi connectivity index (χ0v) is 13.4. The Labute approximate surface area is 130 Å². The van der Waals surface area contributed by atoms with Gasteiger partial charge in [0.05, 0.1) is 19.2 Å². The molecular weight excluding hydrogens is 284 g/mol. The van der Waals surface area contributed by atoms with E-state index in [1.807, 2.05) is 26.8 Å². The Morgan fingerprint density at radius 1 is 1.27 bits per heavy atom. The minimum absolute atomic E-state index is 0.308. The monoisotopic (exact) mass is 306 g/mol. The number of rotatable bonds is 1. The maximum Gasteiger partial charge on any atom is 0.410 e. The van der Waals surface area contributed by atoms with Gasteiger partial charge < -0.3 is 19.7 Å². The number of ether oxygens (including phenoxy) is 2. The molecule has 6 heteroatoms. The van der Waals surface area contributed by atoms with Crippen molar-refractivity contribution in [2.24, 2.45) is 0 Å². The lowest BCUT2D eigenvalue weighted by Gasteiger charge is -2.26. The average Bonchev–Trinajstić information content (AvgIpc) is 2.66. The van der Waals surface area contributed by atoms with Crippen molar-refractivity contribution in [3.8, 4) is 0 Å². The van der Waals surface area contributed by atoms with Gasteiger partial charge in [0, 0.05) is 24.3 Å². The van der Waals surface area contributed by atoms with Gasteiger partial charge in [-0.1, -0.05) is 6.07 Å². The molecule has 0 radical (unpaired) electrons. The van der Waals surface area contributed by atoms with Crippen LogP contribution in [0.25, 0.3) is 0 Å². The van der Waals surface area contributed by atoms with Crippen LogP contribution in [0.2, 0.25) is 0 Å². The molecule has 0 atom stereocenters. The van der Waals surface area contributed by atoms with E-state index in [9.17, 15) is 9.59 Å². The van der Waals surface area contributed by atoms with Gasteiger partial charge in [-0.15, -0.1) is 0 Å². The normalized spacial score (nSPS) is 14.5. The van der Waals surface area contributed by atoms with Crippen LogP contribution in [0.15, 0.2) is 18.2 Å². The largest absolute Gasteiger partial charge is 0.465 e. The molecule has 1 aromatic rings. The van der Waals surface area contributed by atoms with Gasteiger partial charge in [0.1, 0.15) is 5.60 Å². The van der Waals surface area contributed by atoms with E-state index in [0.717, 1.165) is 11.3 Å². The lowest BCUT2D eigenvalue weighted by atomic mass is 10.0. The zero-order chi connectivity index (χ0) is 16.3. The molecule has 0 saturated heterocycles. The van der Waals surface area contributed by atoms with Crippen LogP contribution in [0.3, 0.4) is 0 Å². The number of hydrogen-bond donors (Lipinski definition) is 1. The van der Waals surface area contributed by atoms with Crippen LogP contribution in [0.4, 0.5) is 10.5 Å². The Balaban J connectivity index is 2.29. The lowest BCUT2D eigenvalue weighted by molar-refractivity contribution is 0.0242. The number of nitrogens with zero attached hydrogens (tertiary/aromatic N) is 1. The first-order valence-corrected chi connectivity index (χ1v) is 7.24. The molecule has 1 aromatic carbocycles. The van der Waals surface area contributed by atoms with Crippen LogP contribution < -0.4 is 5.32 Å². The molecule has 0 saturated carbocycles. The van der Waals surface area contributed by atoms with Crippen LogP contribution in [0.1, 0.15) is 36.7 Å². The molecule has 120 valence electrons. The van der Waals surface area contributed by atoms with E-state index in [2.05, 4.69) is 5.32 Å². The third-order valence-electron chi connectivity index (χ3n) is 3.28. The van der Waals surface area contributed by atoms with E-state index in [1.165, 1.54) is 7.11 Å². The maximum absolute atomic E-state index is 12.3. The summed E-state index contributed by atoms with van der Waals surface area (Å²) in [7, 11) is 1.34. The molecule has 0 spiro atoms. The van der Waals surface area contributed by atoms with Gasteiger partial charge in [0.25, 0.3) is 0 Å². The van der Waals surface area contributed by atoms with Gasteiger partial charge in [-0.25, -0.2) is 9.59 Å². The summed E-state index contributed by atoms with van der Waals surface area (Å²) in [5, 5.41) is 3.23. The van der Waals surface area contributed by atoms with E-state index in [-0.39, 0.29) is 6.09 Å².